The van der Waals surface area contributed by atoms with Crippen LogP contribution >= 0.6 is 0 Å². The molecule has 0 aromatic heterocycles. The van der Waals surface area contributed by atoms with Crippen LogP contribution in [0.3, 0.4) is 0 Å². The molecule has 0 aliphatic heterocycles. The van der Waals surface area contributed by atoms with E-state index in [-0.39, 0.29) is 5.54 Å². The molecule has 3 unspecified atom stereocenters. The van der Waals surface area contributed by atoms with Crippen molar-refractivity contribution >= 4 is 0 Å². The fraction of sp³-hybridized carbons (Fsp3) is 0.933. The molecular weight excluding hydrogens is 224 g/mol. The molecule has 0 bridgehead atoms. The number of rotatable bonds is 8. The standard InChI is InChI=1S/C15H28N2O/c1-4-6-13(2)11-18-10-8-14-7-5-9-15(14,12-16)17-3/h13-14,17H,4-11H2,1-3H3. The van der Waals surface area contributed by atoms with E-state index in [9.17, 15) is 5.26 Å². The van der Waals surface area contributed by atoms with Gasteiger partial charge in [-0.25, -0.2) is 0 Å². The summed E-state index contributed by atoms with van der Waals surface area (Å²) in [6.45, 7) is 6.11. The molecule has 0 saturated heterocycles. The zero-order chi connectivity index (χ0) is 13.4. The van der Waals surface area contributed by atoms with Crippen molar-refractivity contribution in [3.63, 3.8) is 0 Å². The fourth-order valence-corrected chi connectivity index (χ4v) is 3.09. The average molecular weight is 252 g/mol. The van der Waals surface area contributed by atoms with Crippen LogP contribution in [-0.4, -0.2) is 25.8 Å². The Hall–Kier alpha value is -0.590. The molecule has 0 heterocycles. The van der Waals surface area contributed by atoms with Gasteiger partial charge in [0.05, 0.1) is 6.07 Å². The summed E-state index contributed by atoms with van der Waals surface area (Å²) in [5, 5.41) is 12.6. The van der Waals surface area contributed by atoms with Crippen LogP contribution in [0.15, 0.2) is 0 Å². The molecule has 0 aromatic rings. The number of nitrogens with zero attached hydrogens (tertiary/aromatic N) is 1. The molecule has 3 nitrogen and oxygen atoms in total. The average Bonchev–Trinajstić information content (AvgIpc) is 2.78. The summed E-state index contributed by atoms with van der Waals surface area (Å²) < 4.78 is 5.76. The van der Waals surface area contributed by atoms with Gasteiger partial charge in [-0.15, -0.1) is 0 Å². The third-order valence-corrected chi connectivity index (χ3v) is 4.26. The van der Waals surface area contributed by atoms with Crippen LogP contribution in [0.2, 0.25) is 0 Å². The summed E-state index contributed by atoms with van der Waals surface area (Å²) in [5.41, 5.74) is -0.293. The van der Waals surface area contributed by atoms with E-state index in [0.29, 0.717) is 11.8 Å². The first kappa shape index (κ1) is 15.5. The van der Waals surface area contributed by atoms with Gasteiger partial charge < -0.3 is 10.1 Å². The van der Waals surface area contributed by atoms with E-state index in [4.69, 9.17) is 4.74 Å². The van der Waals surface area contributed by atoms with Gasteiger partial charge in [-0.3, -0.25) is 0 Å². The number of nitriles is 1. The highest BCUT2D eigenvalue weighted by molar-refractivity contribution is 5.13. The summed E-state index contributed by atoms with van der Waals surface area (Å²) >= 11 is 0. The van der Waals surface area contributed by atoms with E-state index in [0.717, 1.165) is 38.9 Å². The second kappa shape index (κ2) is 7.76. The molecule has 3 atom stereocenters. The molecule has 0 spiro atoms. The summed E-state index contributed by atoms with van der Waals surface area (Å²) in [7, 11) is 1.91. The molecule has 1 fully saturated rings. The molecule has 0 amide bonds. The molecule has 104 valence electrons. The lowest BCUT2D eigenvalue weighted by Crippen LogP contribution is -2.45. The minimum atomic E-state index is -0.293. The van der Waals surface area contributed by atoms with Gasteiger partial charge in [0.25, 0.3) is 0 Å². The van der Waals surface area contributed by atoms with Crippen LogP contribution in [0.25, 0.3) is 0 Å². The summed E-state index contributed by atoms with van der Waals surface area (Å²) in [4.78, 5) is 0. The van der Waals surface area contributed by atoms with Gasteiger partial charge in [0.15, 0.2) is 0 Å². The molecule has 1 aliphatic carbocycles. The zero-order valence-corrected chi connectivity index (χ0v) is 12.2. The van der Waals surface area contributed by atoms with Crippen LogP contribution in [0.4, 0.5) is 0 Å². The van der Waals surface area contributed by atoms with Crippen molar-refractivity contribution < 1.29 is 4.74 Å². The third-order valence-electron chi connectivity index (χ3n) is 4.26. The highest BCUT2D eigenvalue weighted by Gasteiger charge is 2.41. The molecule has 1 rings (SSSR count). The first-order valence-electron chi connectivity index (χ1n) is 7.36. The fourth-order valence-electron chi connectivity index (χ4n) is 3.09. The van der Waals surface area contributed by atoms with Crippen LogP contribution in [0.1, 0.15) is 52.4 Å². The number of ether oxygens (including phenoxy) is 1. The van der Waals surface area contributed by atoms with Crippen LogP contribution in [0, 0.1) is 23.2 Å². The van der Waals surface area contributed by atoms with E-state index < -0.39 is 0 Å². The minimum absolute atomic E-state index is 0.293. The van der Waals surface area contributed by atoms with Crippen LogP contribution < -0.4 is 5.32 Å². The molecule has 18 heavy (non-hydrogen) atoms. The Labute approximate surface area is 112 Å². The summed E-state index contributed by atoms with van der Waals surface area (Å²) in [6.07, 6.45) is 6.77. The normalized spacial score (nSPS) is 29.1. The Bertz CT molecular complexity index is 274. The quantitative estimate of drug-likeness (QED) is 0.675. The van der Waals surface area contributed by atoms with E-state index in [1.165, 1.54) is 12.8 Å². The summed E-state index contributed by atoms with van der Waals surface area (Å²) in [5.74, 6) is 1.11. The lowest BCUT2D eigenvalue weighted by molar-refractivity contribution is 0.0851. The third kappa shape index (κ3) is 3.96. The Balaban J connectivity index is 2.25. The molecule has 1 aliphatic rings. The lowest BCUT2D eigenvalue weighted by atomic mass is 9.86. The van der Waals surface area contributed by atoms with Crippen molar-refractivity contribution in [3.05, 3.63) is 0 Å². The maximum Gasteiger partial charge on any atom is 0.109 e. The van der Waals surface area contributed by atoms with Gasteiger partial charge in [-0.05, 0) is 44.6 Å². The van der Waals surface area contributed by atoms with Gasteiger partial charge >= 0.3 is 0 Å². The van der Waals surface area contributed by atoms with Gasteiger partial charge in [0.2, 0.25) is 0 Å². The summed E-state index contributed by atoms with van der Waals surface area (Å²) in [6, 6.07) is 2.48. The van der Waals surface area contributed by atoms with E-state index >= 15 is 0 Å². The smallest absolute Gasteiger partial charge is 0.109 e. The van der Waals surface area contributed by atoms with Crippen LogP contribution in [-0.2, 0) is 4.74 Å². The van der Waals surface area contributed by atoms with Gasteiger partial charge in [-0.1, -0.05) is 26.7 Å². The number of hydrogen-bond acceptors (Lipinski definition) is 3. The van der Waals surface area contributed by atoms with E-state index in [2.05, 4.69) is 25.2 Å². The highest BCUT2D eigenvalue weighted by atomic mass is 16.5. The molecular formula is C15H28N2O. The minimum Gasteiger partial charge on any atom is -0.381 e. The SMILES string of the molecule is CCCC(C)COCCC1CCCC1(C#N)NC. The van der Waals surface area contributed by atoms with Gasteiger partial charge in [0.1, 0.15) is 5.54 Å². The maximum absolute atomic E-state index is 9.35. The first-order chi connectivity index (χ1) is 8.68. The Morgan fingerprint density at radius 2 is 2.33 bits per heavy atom. The predicted octanol–water partition coefficient (Wildman–Crippen LogP) is 3.11. The van der Waals surface area contributed by atoms with Crippen molar-refractivity contribution in [2.75, 3.05) is 20.3 Å². The molecule has 0 radical (unpaired) electrons. The Morgan fingerprint density at radius 3 is 2.94 bits per heavy atom. The first-order valence-corrected chi connectivity index (χ1v) is 7.36. The Morgan fingerprint density at radius 1 is 1.56 bits per heavy atom. The molecule has 1 saturated carbocycles. The number of hydrogen-bond donors (Lipinski definition) is 1. The molecule has 3 heteroatoms. The zero-order valence-electron chi connectivity index (χ0n) is 12.2. The molecule has 0 aromatic carbocycles. The largest absolute Gasteiger partial charge is 0.381 e. The maximum atomic E-state index is 9.35. The molecule has 1 N–H and O–H groups in total. The van der Waals surface area contributed by atoms with Crippen molar-refractivity contribution in [1.29, 1.82) is 5.26 Å². The monoisotopic (exact) mass is 252 g/mol. The van der Waals surface area contributed by atoms with Crippen molar-refractivity contribution in [1.82, 2.24) is 5.32 Å². The lowest BCUT2D eigenvalue weighted by Gasteiger charge is -2.28. The second-order valence-electron chi connectivity index (χ2n) is 5.68. The van der Waals surface area contributed by atoms with E-state index in [1.54, 1.807) is 0 Å². The Kier molecular flexibility index (Phi) is 6.67. The van der Waals surface area contributed by atoms with E-state index in [1.807, 2.05) is 7.05 Å². The highest BCUT2D eigenvalue weighted by Crippen LogP contribution is 2.37. The predicted molar refractivity (Wildman–Crippen MR) is 74.3 cm³/mol. The number of nitrogens with one attached hydrogen (secondary N) is 1. The van der Waals surface area contributed by atoms with Gasteiger partial charge in [-0.2, -0.15) is 5.26 Å². The van der Waals surface area contributed by atoms with Crippen molar-refractivity contribution in [2.24, 2.45) is 11.8 Å². The van der Waals surface area contributed by atoms with Crippen molar-refractivity contribution in [3.8, 4) is 6.07 Å². The van der Waals surface area contributed by atoms with Crippen molar-refractivity contribution in [2.45, 2.75) is 57.9 Å². The van der Waals surface area contributed by atoms with Crippen LogP contribution in [0.5, 0.6) is 0 Å². The topological polar surface area (TPSA) is 45.0 Å². The van der Waals surface area contributed by atoms with Gasteiger partial charge in [0, 0.05) is 13.2 Å². The second-order valence-corrected chi connectivity index (χ2v) is 5.68.